The molecule has 1 aromatic rings. The highest BCUT2D eigenvalue weighted by atomic mass is 15.4. The molecule has 0 unspecified atom stereocenters. The molecule has 0 amide bonds. The van der Waals surface area contributed by atoms with Gasteiger partial charge in [-0.1, -0.05) is 45.9 Å². The molecule has 2 nitrogen and oxygen atoms in total. The topological polar surface area (TPSA) is 6.48 Å². The van der Waals surface area contributed by atoms with Crippen molar-refractivity contribution in [3.05, 3.63) is 41.7 Å². The molecular weight excluding hydrogens is 220 g/mol. The second-order valence-electron chi connectivity index (χ2n) is 6.32. The first kappa shape index (κ1) is 8.63. The normalized spacial score (nSPS) is 26.7. The third-order valence-electron chi connectivity index (χ3n) is 4.93. The van der Waals surface area contributed by atoms with E-state index >= 15 is 0 Å². The van der Waals surface area contributed by atoms with Crippen molar-refractivity contribution in [1.29, 1.82) is 0 Å². The van der Waals surface area contributed by atoms with E-state index in [0.29, 0.717) is 6.67 Å². The maximum atomic E-state index is 7.68. The van der Waals surface area contributed by atoms with Gasteiger partial charge < -0.3 is 9.80 Å². The number of benzene rings is 1. The van der Waals surface area contributed by atoms with Gasteiger partial charge in [0.15, 0.2) is 0 Å². The fourth-order valence-corrected chi connectivity index (χ4v) is 3.09. The van der Waals surface area contributed by atoms with Gasteiger partial charge in [0.05, 0.1) is 6.67 Å². The van der Waals surface area contributed by atoms with Crippen LogP contribution < -0.4 is 4.90 Å². The van der Waals surface area contributed by atoms with Crippen LogP contribution in [0.25, 0.3) is 0 Å². The lowest BCUT2D eigenvalue weighted by molar-refractivity contribution is 0.235. The monoisotopic (exact) mass is 245 g/mol. The summed E-state index contributed by atoms with van der Waals surface area (Å²) < 4.78 is 23.0. The Morgan fingerprint density at radius 1 is 1.11 bits per heavy atom. The third-order valence-corrected chi connectivity index (χ3v) is 4.93. The summed E-state index contributed by atoms with van der Waals surface area (Å²) in [6, 6.07) is 8.32. The van der Waals surface area contributed by atoms with Crippen molar-refractivity contribution < 1.29 is 4.11 Å². The fourth-order valence-electron chi connectivity index (χ4n) is 3.09. The van der Waals surface area contributed by atoms with Gasteiger partial charge in [-0.05, 0) is 11.6 Å². The Bertz CT molecular complexity index is 614. The van der Waals surface area contributed by atoms with Crippen molar-refractivity contribution in [3.8, 4) is 0 Å². The van der Waals surface area contributed by atoms with Crippen LogP contribution >= 0.6 is 0 Å². The molecule has 2 aliphatic heterocycles. The third kappa shape index (κ3) is 1.23. The molecule has 18 heavy (non-hydrogen) atoms. The van der Waals surface area contributed by atoms with Crippen molar-refractivity contribution in [1.82, 2.24) is 4.90 Å². The molecule has 0 N–H and O–H groups in total. The SMILES string of the molecule is [2H]C([2H])([2H])N1C=C2N(C1)c1ccccc1C(C)(C)C2(C)C. The van der Waals surface area contributed by atoms with E-state index in [9.17, 15) is 0 Å². The lowest BCUT2D eigenvalue weighted by Gasteiger charge is -2.51. The number of fused-ring (bicyclic) bond motifs is 3. The van der Waals surface area contributed by atoms with Gasteiger partial charge in [-0.15, -0.1) is 0 Å². The molecule has 0 saturated heterocycles. The maximum absolute atomic E-state index is 7.68. The fraction of sp³-hybridized carbons (Fsp3) is 0.500. The maximum Gasteiger partial charge on any atom is 0.0942 e. The second-order valence-corrected chi connectivity index (χ2v) is 6.32. The van der Waals surface area contributed by atoms with E-state index in [0.717, 1.165) is 11.4 Å². The van der Waals surface area contributed by atoms with Crippen LogP contribution in [0.15, 0.2) is 36.2 Å². The lowest BCUT2D eigenvalue weighted by atomic mass is 9.60. The van der Waals surface area contributed by atoms with Crippen molar-refractivity contribution in [2.75, 3.05) is 18.5 Å². The molecule has 0 atom stereocenters. The van der Waals surface area contributed by atoms with Gasteiger partial charge in [0.25, 0.3) is 0 Å². The molecule has 0 saturated carbocycles. The summed E-state index contributed by atoms with van der Waals surface area (Å²) in [5.74, 6) is 0. The van der Waals surface area contributed by atoms with Crippen LogP contribution in [-0.4, -0.2) is 18.5 Å². The molecule has 96 valence electrons. The van der Waals surface area contributed by atoms with Crippen LogP contribution in [0.2, 0.25) is 0 Å². The molecule has 0 radical (unpaired) electrons. The van der Waals surface area contributed by atoms with Crippen molar-refractivity contribution in [2.24, 2.45) is 5.41 Å². The molecule has 2 heteroatoms. The van der Waals surface area contributed by atoms with Gasteiger partial charge in [0.2, 0.25) is 0 Å². The minimum absolute atomic E-state index is 0.0589. The first-order valence-electron chi connectivity index (χ1n) is 7.93. The number of rotatable bonds is 0. The van der Waals surface area contributed by atoms with Gasteiger partial charge in [0.1, 0.15) is 0 Å². The molecule has 2 heterocycles. The highest BCUT2D eigenvalue weighted by Gasteiger charge is 2.50. The largest absolute Gasteiger partial charge is 0.361 e. The molecule has 3 rings (SSSR count). The van der Waals surface area contributed by atoms with Crippen molar-refractivity contribution in [3.63, 3.8) is 0 Å². The summed E-state index contributed by atoms with van der Waals surface area (Å²) in [7, 11) is 0. The van der Waals surface area contributed by atoms with Crippen molar-refractivity contribution in [2.45, 2.75) is 33.1 Å². The van der Waals surface area contributed by atoms with E-state index in [4.69, 9.17) is 4.11 Å². The number of para-hydroxylation sites is 1. The first-order valence-corrected chi connectivity index (χ1v) is 6.43. The zero-order valence-corrected chi connectivity index (χ0v) is 11.5. The summed E-state index contributed by atoms with van der Waals surface area (Å²) in [6.45, 7) is 7.17. The van der Waals surface area contributed by atoms with Crippen LogP contribution in [0.5, 0.6) is 0 Å². The Morgan fingerprint density at radius 2 is 1.83 bits per heavy atom. The second kappa shape index (κ2) is 3.31. The molecule has 1 aromatic carbocycles. The minimum Gasteiger partial charge on any atom is -0.361 e. The lowest BCUT2D eigenvalue weighted by Crippen LogP contribution is -2.48. The van der Waals surface area contributed by atoms with Crippen LogP contribution in [-0.2, 0) is 5.41 Å². The van der Waals surface area contributed by atoms with Crippen LogP contribution in [0.4, 0.5) is 5.69 Å². The number of allylic oxidation sites excluding steroid dienone is 1. The molecule has 0 aromatic heterocycles. The first-order chi connectivity index (χ1) is 9.57. The highest BCUT2D eigenvalue weighted by molar-refractivity contribution is 5.67. The summed E-state index contributed by atoms with van der Waals surface area (Å²) >= 11 is 0. The van der Waals surface area contributed by atoms with E-state index in [-0.39, 0.29) is 10.8 Å². The molecule has 2 aliphatic rings. The molecule has 0 fully saturated rings. The molecule has 0 spiro atoms. The zero-order chi connectivity index (χ0) is 15.6. The van der Waals surface area contributed by atoms with E-state index in [2.05, 4.69) is 50.8 Å². The Balaban J connectivity index is 2.20. The van der Waals surface area contributed by atoms with E-state index in [1.165, 1.54) is 10.5 Å². The quantitative estimate of drug-likeness (QED) is 0.689. The highest BCUT2D eigenvalue weighted by Crippen LogP contribution is 2.56. The summed E-state index contributed by atoms with van der Waals surface area (Å²) in [5.41, 5.74) is 3.29. The van der Waals surface area contributed by atoms with Crippen molar-refractivity contribution >= 4 is 5.69 Å². The van der Waals surface area contributed by atoms with Gasteiger partial charge in [-0.3, -0.25) is 0 Å². The summed E-state index contributed by atoms with van der Waals surface area (Å²) in [6.07, 6.45) is 1.82. The standard InChI is InChI=1S/C16H22N2/c1-15(2)12-8-6-7-9-13(12)18-11-17(5)10-14(18)16(15,3)4/h6-10H,11H2,1-5H3/i5D3. The number of hydrogen-bond donors (Lipinski definition) is 0. The summed E-state index contributed by atoms with van der Waals surface area (Å²) in [5, 5.41) is 0. The molecule has 0 aliphatic carbocycles. The Morgan fingerprint density at radius 3 is 2.56 bits per heavy atom. The van der Waals surface area contributed by atoms with Gasteiger partial charge in [0, 0.05) is 39.5 Å². The Kier molecular flexibility index (Phi) is 1.59. The predicted octanol–water partition coefficient (Wildman–Crippen LogP) is 3.55. The number of nitrogens with zero attached hydrogens (tertiary/aromatic N) is 2. The average Bonchev–Trinajstić information content (AvgIpc) is 2.83. The Labute approximate surface area is 114 Å². The van der Waals surface area contributed by atoms with E-state index in [1.54, 1.807) is 0 Å². The van der Waals surface area contributed by atoms with Crippen LogP contribution in [0.3, 0.4) is 0 Å². The number of hydrogen-bond acceptors (Lipinski definition) is 2. The molecule has 0 bridgehead atoms. The minimum atomic E-state index is -2.10. The van der Waals surface area contributed by atoms with Crippen LogP contribution in [0, 0.1) is 5.41 Å². The number of anilines is 1. The van der Waals surface area contributed by atoms with E-state index < -0.39 is 6.98 Å². The smallest absolute Gasteiger partial charge is 0.0942 e. The average molecular weight is 245 g/mol. The van der Waals surface area contributed by atoms with Crippen LogP contribution in [0.1, 0.15) is 37.4 Å². The van der Waals surface area contributed by atoms with Gasteiger partial charge >= 0.3 is 0 Å². The summed E-state index contributed by atoms with van der Waals surface area (Å²) in [4.78, 5) is 3.61. The Hall–Kier alpha value is -1.44. The molecular formula is C16H22N2. The van der Waals surface area contributed by atoms with Gasteiger partial charge in [-0.25, -0.2) is 0 Å². The zero-order valence-electron chi connectivity index (χ0n) is 14.5. The van der Waals surface area contributed by atoms with Gasteiger partial charge in [-0.2, -0.15) is 0 Å². The predicted molar refractivity (Wildman–Crippen MR) is 76.4 cm³/mol. The van der Waals surface area contributed by atoms with E-state index in [1.807, 2.05) is 12.3 Å².